The lowest BCUT2D eigenvalue weighted by Crippen LogP contribution is -2.61. The van der Waals surface area contributed by atoms with E-state index in [9.17, 15) is 18.0 Å². The first-order valence-corrected chi connectivity index (χ1v) is 8.09. The highest BCUT2D eigenvalue weighted by molar-refractivity contribution is 7.86. The standard InChI is InChI=1S/C11H19N3O5S/c15-10-8-14(9(7-12-10)11(16)17)20(18,19)13-5-3-1-2-4-6-13/h9H,1-8H2,(H,12,15)(H,16,17). The highest BCUT2D eigenvalue weighted by Crippen LogP contribution is 2.19. The van der Waals surface area contributed by atoms with Crippen molar-refractivity contribution < 1.29 is 23.1 Å². The van der Waals surface area contributed by atoms with Crippen LogP contribution < -0.4 is 5.32 Å². The van der Waals surface area contributed by atoms with Crippen LogP contribution in [0.25, 0.3) is 0 Å². The molecule has 1 atom stereocenters. The first-order chi connectivity index (χ1) is 9.43. The van der Waals surface area contributed by atoms with Gasteiger partial charge in [-0.3, -0.25) is 9.59 Å². The molecule has 9 heteroatoms. The third-order valence-corrected chi connectivity index (χ3v) is 5.61. The molecule has 0 aromatic heterocycles. The van der Waals surface area contributed by atoms with Crippen molar-refractivity contribution in [2.75, 3.05) is 26.2 Å². The lowest BCUT2D eigenvalue weighted by molar-refractivity contribution is -0.143. The molecule has 2 fully saturated rings. The van der Waals surface area contributed by atoms with E-state index < -0.39 is 34.7 Å². The molecule has 1 unspecified atom stereocenters. The van der Waals surface area contributed by atoms with Gasteiger partial charge in [0.2, 0.25) is 5.91 Å². The highest BCUT2D eigenvalue weighted by Gasteiger charge is 2.42. The molecule has 0 aliphatic carbocycles. The Balaban J connectivity index is 2.24. The number of amides is 1. The Hall–Kier alpha value is -1.19. The van der Waals surface area contributed by atoms with E-state index in [0.717, 1.165) is 30.0 Å². The first kappa shape index (κ1) is 15.2. The summed E-state index contributed by atoms with van der Waals surface area (Å²) in [4.78, 5) is 22.6. The molecular weight excluding hydrogens is 286 g/mol. The maximum Gasteiger partial charge on any atom is 0.323 e. The van der Waals surface area contributed by atoms with E-state index in [-0.39, 0.29) is 6.54 Å². The van der Waals surface area contributed by atoms with Gasteiger partial charge in [0.1, 0.15) is 6.04 Å². The number of nitrogens with one attached hydrogen (secondary N) is 1. The number of rotatable bonds is 3. The molecule has 2 heterocycles. The molecule has 2 aliphatic rings. The fraction of sp³-hybridized carbons (Fsp3) is 0.818. The van der Waals surface area contributed by atoms with Gasteiger partial charge >= 0.3 is 5.97 Å². The predicted octanol–water partition coefficient (Wildman–Crippen LogP) is -1.01. The third kappa shape index (κ3) is 3.10. The molecule has 0 radical (unpaired) electrons. The summed E-state index contributed by atoms with van der Waals surface area (Å²) in [7, 11) is -3.91. The number of aliphatic carboxylic acids is 1. The molecule has 20 heavy (non-hydrogen) atoms. The van der Waals surface area contributed by atoms with Crippen LogP contribution in [0.4, 0.5) is 0 Å². The molecule has 0 spiro atoms. The van der Waals surface area contributed by atoms with Crippen molar-refractivity contribution in [3.63, 3.8) is 0 Å². The Bertz CT molecular complexity index is 484. The quantitative estimate of drug-likeness (QED) is 0.695. The highest BCUT2D eigenvalue weighted by atomic mass is 32.2. The van der Waals surface area contributed by atoms with Gasteiger partial charge in [-0.25, -0.2) is 0 Å². The fourth-order valence-electron chi connectivity index (χ4n) is 2.49. The van der Waals surface area contributed by atoms with E-state index in [1.165, 1.54) is 4.31 Å². The number of nitrogens with zero attached hydrogens (tertiary/aromatic N) is 2. The fourth-order valence-corrected chi connectivity index (χ4v) is 4.28. The molecule has 2 aliphatic heterocycles. The topological polar surface area (TPSA) is 107 Å². The number of carboxylic acid groups (broad SMARTS) is 1. The Morgan fingerprint density at radius 3 is 2.35 bits per heavy atom. The summed E-state index contributed by atoms with van der Waals surface area (Å²) in [5.41, 5.74) is 0. The largest absolute Gasteiger partial charge is 0.480 e. The maximum atomic E-state index is 12.6. The SMILES string of the molecule is O=C1CN(S(=O)(=O)N2CCCCCC2)C(C(=O)O)CN1. The molecule has 2 rings (SSSR count). The van der Waals surface area contributed by atoms with Gasteiger partial charge in [-0.05, 0) is 12.8 Å². The Morgan fingerprint density at radius 1 is 1.20 bits per heavy atom. The zero-order chi connectivity index (χ0) is 14.8. The van der Waals surface area contributed by atoms with Crippen LogP contribution in [0.1, 0.15) is 25.7 Å². The summed E-state index contributed by atoms with van der Waals surface area (Å²) in [5, 5.41) is 11.5. The smallest absolute Gasteiger partial charge is 0.323 e. The second kappa shape index (κ2) is 6.06. The van der Waals surface area contributed by atoms with Crippen LogP contribution in [0, 0.1) is 0 Å². The number of carbonyl (C=O) groups excluding carboxylic acids is 1. The first-order valence-electron chi connectivity index (χ1n) is 6.69. The normalized spacial score (nSPS) is 26.8. The van der Waals surface area contributed by atoms with Gasteiger partial charge in [-0.2, -0.15) is 17.0 Å². The van der Waals surface area contributed by atoms with Gasteiger partial charge in [0, 0.05) is 19.6 Å². The molecule has 0 aromatic carbocycles. The summed E-state index contributed by atoms with van der Waals surface area (Å²) in [6, 6.07) is -1.24. The van der Waals surface area contributed by atoms with Crippen LogP contribution in [0.5, 0.6) is 0 Å². The minimum atomic E-state index is -3.91. The summed E-state index contributed by atoms with van der Waals surface area (Å²) >= 11 is 0. The van der Waals surface area contributed by atoms with Crippen LogP contribution in [0.15, 0.2) is 0 Å². The number of hydrogen-bond acceptors (Lipinski definition) is 4. The van der Waals surface area contributed by atoms with Gasteiger partial charge in [0.15, 0.2) is 0 Å². The van der Waals surface area contributed by atoms with Crippen LogP contribution in [-0.2, 0) is 19.8 Å². The average Bonchev–Trinajstić information content (AvgIpc) is 2.67. The van der Waals surface area contributed by atoms with Crippen molar-refractivity contribution >= 4 is 22.1 Å². The van der Waals surface area contributed by atoms with Crippen LogP contribution in [0.3, 0.4) is 0 Å². The van der Waals surface area contributed by atoms with Crippen LogP contribution in [0.2, 0.25) is 0 Å². The molecule has 2 saturated heterocycles. The van der Waals surface area contributed by atoms with Gasteiger partial charge in [0.25, 0.3) is 10.2 Å². The Labute approximate surface area is 117 Å². The van der Waals surface area contributed by atoms with Crippen molar-refractivity contribution in [2.45, 2.75) is 31.7 Å². The minimum Gasteiger partial charge on any atom is -0.480 e. The van der Waals surface area contributed by atoms with Crippen LogP contribution in [-0.4, -0.2) is 66.2 Å². The maximum absolute atomic E-state index is 12.6. The lowest BCUT2D eigenvalue weighted by Gasteiger charge is -2.35. The number of piperazine rings is 1. The van der Waals surface area contributed by atoms with Crippen LogP contribution >= 0.6 is 0 Å². The number of carbonyl (C=O) groups is 2. The van der Waals surface area contributed by atoms with E-state index in [2.05, 4.69) is 5.32 Å². The molecule has 0 aromatic rings. The summed E-state index contributed by atoms with van der Waals surface area (Å²) < 4.78 is 27.2. The van der Waals surface area contributed by atoms with E-state index in [4.69, 9.17) is 5.11 Å². The van der Waals surface area contributed by atoms with E-state index in [1.807, 2.05) is 0 Å². The third-order valence-electron chi connectivity index (χ3n) is 3.61. The second-order valence-electron chi connectivity index (χ2n) is 5.02. The van der Waals surface area contributed by atoms with Gasteiger partial charge in [-0.1, -0.05) is 12.8 Å². The number of carboxylic acids is 1. The molecular formula is C11H19N3O5S. The summed E-state index contributed by atoms with van der Waals surface area (Å²) in [6.45, 7) is 0.136. The zero-order valence-corrected chi connectivity index (χ0v) is 11.9. The molecule has 0 saturated carbocycles. The molecule has 1 amide bonds. The van der Waals surface area contributed by atoms with Crippen molar-refractivity contribution in [3.05, 3.63) is 0 Å². The van der Waals surface area contributed by atoms with Gasteiger partial charge in [-0.15, -0.1) is 0 Å². The Kier molecular flexibility index (Phi) is 4.61. The lowest BCUT2D eigenvalue weighted by atomic mass is 10.2. The second-order valence-corrected chi connectivity index (χ2v) is 6.91. The zero-order valence-electron chi connectivity index (χ0n) is 11.1. The summed E-state index contributed by atoms with van der Waals surface area (Å²) in [6.07, 6.45) is 3.46. The summed E-state index contributed by atoms with van der Waals surface area (Å²) in [5.74, 6) is -1.72. The predicted molar refractivity (Wildman–Crippen MR) is 70.1 cm³/mol. The Morgan fingerprint density at radius 2 is 1.80 bits per heavy atom. The minimum absolute atomic E-state index is 0.193. The molecule has 8 nitrogen and oxygen atoms in total. The average molecular weight is 305 g/mol. The number of hydrogen-bond donors (Lipinski definition) is 2. The van der Waals surface area contributed by atoms with Crippen molar-refractivity contribution in [1.82, 2.24) is 13.9 Å². The van der Waals surface area contributed by atoms with Crippen molar-refractivity contribution in [3.8, 4) is 0 Å². The van der Waals surface area contributed by atoms with E-state index in [1.54, 1.807) is 0 Å². The van der Waals surface area contributed by atoms with Crippen molar-refractivity contribution in [1.29, 1.82) is 0 Å². The van der Waals surface area contributed by atoms with E-state index in [0.29, 0.717) is 13.1 Å². The van der Waals surface area contributed by atoms with E-state index >= 15 is 0 Å². The molecule has 2 N–H and O–H groups in total. The monoisotopic (exact) mass is 305 g/mol. The molecule has 0 bridgehead atoms. The molecule has 114 valence electrons. The van der Waals surface area contributed by atoms with Gasteiger partial charge in [0.05, 0.1) is 6.54 Å². The van der Waals surface area contributed by atoms with Crippen molar-refractivity contribution in [2.24, 2.45) is 0 Å². The van der Waals surface area contributed by atoms with Gasteiger partial charge < -0.3 is 10.4 Å².